The molecule has 1 saturated carbocycles. The molecule has 7 nitrogen and oxygen atoms in total. The first-order valence-corrected chi connectivity index (χ1v) is 10.1. The van der Waals surface area contributed by atoms with Gasteiger partial charge in [0, 0.05) is 45.1 Å². The maximum Gasteiger partial charge on any atom is 0.230 e. The van der Waals surface area contributed by atoms with Crippen molar-refractivity contribution < 1.29 is 9.53 Å². The first-order valence-electron chi connectivity index (χ1n) is 9.10. The Morgan fingerprint density at radius 1 is 1.38 bits per heavy atom. The molecule has 1 fully saturated rings. The normalized spacial score (nSPS) is 14.8. The van der Waals surface area contributed by atoms with E-state index in [1.54, 1.807) is 7.11 Å². The van der Waals surface area contributed by atoms with Crippen LogP contribution in [0, 0.1) is 0 Å². The van der Waals surface area contributed by atoms with E-state index in [-0.39, 0.29) is 5.91 Å². The smallest absolute Gasteiger partial charge is 0.230 e. The van der Waals surface area contributed by atoms with E-state index in [4.69, 9.17) is 4.74 Å². The van der Waals surface area contributed by atoms with Crippen LogP contribution < -0.4 is 5.32 Å². The van der Waals surface area contributed by atoms with Gasteiger partial charge in [-0.2, -0.15) is 0 Å². The number of ether oxygens (including phenoxy) is 1. The van der Waals surface area contributed by atoms with Crippen LogP contribution in [0.3, 0.4) is 0 Å². The Bertz CT molecular complexity index is 721. The van der Waals surface area contributed by atoms with Crippen molar-refractivity contribution >= 4 is 17.7 Å². The van der Waals surface area contributed by atoms with Crippen molar-refractivity contribution in [2.24, 2.45) is 7.05 Å². The molecule has 1 aliphatic rings. The number of nitrogens with one attached hydrogen (secondary N) is 1. The number of methoxy groups -OCH3 is 1. The fourth-order valence-electron chi connectivity index (χ4n) is 3.28. The zero-order valence-corrected chi connectivity index (χ0v) is 16.3. The van der Waals surface area contributed by atoms with Crippen LogP contribution in [0.25, 0.3) is 0 Å². The fraction of sp³-hybridized carbons (Fsp3) is 0.611. The van der Waals surface area contributed by atoms with Crippen LogP contribution in [-0.2, 0) is 29.5 Å². The van der Waals surface area contributed by atoms with Gasteiger partial charge in [-0.3, -0.25) is 4.79 Å². The summed E-state index contributed by atoms with van der Waals surface area (Å²) in [5, 5.41) is 12.6. The van der Waals surface area contributed by atoms with Crippen LogP contribution in [0.2, 0.25) is 0 Å². The summed E-state index contributed by atoms with van der Waals surface area (Å²) >= 11 is 1.44. The Morgan fingerprint density at radius 3 is 2.88 bits per heavy atom. The summed E-state index contributed by atoms with van der Waals surface area (Å²) in [6.45, 7) is 1.26. The summed E-state index contributed by atoms with van der Waals surface area (Å²) in [6.07, 6.45) is 7.35. The Morgan fingerprint density at radius 2 is 2.19 bits per heavy atom. The van der Waals surface area contributed by atoms with Gasteiger partial charge < -0.3 is 19.2 Å². The lowest BCUT2D eigenvalue weighted by molar-refractivity contribution is -0.119. The minimum Gasteiger partial charge on any atom is -0.383 e. The highest BCUT2D eigenvalue weighted by Crippen LogP contribution is 2.20. The molecular weight excluding hydrogens is 350 g/mol. The van der Waals surface area contributed by atoms with Gasteiger partial charge in [-0.05, 0) is 25.0 Å². The van der Waals surface area contributed by atoms with Gasteiger partial charge in [0.2, 0.25) is 5.91 Å². The molecule has 0 atom stereocenters. The number of carbonyl (C=O) groups excluding carboxylic acids is 1. The van der Waals surface area contributed by atoms with Crippen molar-refractivity contribution in [2.45, 2.75) is 49.8 Å². The number of aromatic nitrogens is 4. The monoisotopic (exact) mass is 377 g/mol. The molecule has 26 heavy (non-hydrogen) atoms. The van der Waals surface area contributed by atoms with Crippen LogP contribution in [-0.4, -0.2) is 50.8 Å². The van der Waals surface area contributed by atoms with Crippen molar-refractivity contribution in [3.8, 4) is 0 Å². The molecule has 1 N–H and O–H groups in total. The Balaban J connectivity index is 1.63. The largest absolute Gasteiger partial charge is 0.383 e. The molecule has 0 radical (unpaired) electrons. The van der Waals surface area contributed by atoms with Crippen molar-refractivity contribution in [1.82, 2.24) is 24.6 Å². The van der Waals surface area contributed by atoms with E-state index >= 15 is 0 Å². The predicted molar refractivity (Wildman–Crippen MR) is 101 cm³/mol. The standard InChI is InChI=1S/C18H27N5O2S/c1-22-9-5-8-15(22)12-16-20-21-18(23(16)10-11-25-2)26-13-17(24)19-14-6-3-4-7-14/h5,8-9,14H,3-4,6-7,10-13H2,1-2H3,(H,19,24). The third-order valence-corrected chi connectivity index (χ3v) is 5.72. The Kier molecular flexibility index (Phi) is 6.73. The number of hydrogen-bond donors (Lipinski definition) is 1. The third kappa shape index (κ3) is 4.88. The summed E-state index contributed by atoms with van der Waals surface area (Å²) in [5.41, 5.74) is 1.17. The van der Waals surface area contributed by atoms with E-state index in [1.165, 1.54) is 30.3 Å². The van der Waals surface area contributed by atoms with E-state index < -0.39 is 0 Å². The average Bonchev–Trinajstić information content (AvgIpc) is 3.35. The lowest BCUT2D eigenvalue weighted by Crippen LogP contribution is -2.33. The highest BCUT2D eigenvalue weighted by Gasteiger charge is 2.19. The number of carbonyl (C=O) groups is 1. The molecular formula is C18H27N5O2S. The number of thioether (sulfide) groups is 1. The summed E-state index contributed by atoms with van der Waals surface area (Å²) in [5.74, 6) is 1.33. The second-order valence-electron chi connectivity index (χ2n) is 6.67. The molecule has 3 rings (SSSR count). The lowest BCUT2D eigenvalue weighted by Gasteiger charge is -2.12. The zero-order valence-electron chi connectivity index (χ0n) is 15.5. The topological polar surface area (TPSA) is 74.0 Å². The molecule has 142 valence electrons. The molecule has 2 aromatic rings. The lowest BCUT2D eigenvalue weighted by atomic mass is 10.2. The van der Waals surface area contributed by atoms with Gasteiger partial charge >= 0.3 is 0 Å². The average molecular weight is 378 g/mol. The molecule has 0 saturated heterocycles. The highest BCUT2D eigenvalue weighted by molar-refractivity contribution is 7.99. The minimum absolute atomic E-state index is 0.0761. The van der Waals surface area contributed by atoms with E-state index in [1.807, 2.05) is 19.3 Å². The molecule has 0 unspecified atom stereocenters. The summed E-state index contributed by atoms with van der Waals surface area (Å²) < 4.78 is 9.37. The van der Waals surface area contributed by atoms with Gasteiger partial charge in [-0.1, -0.05) is 24.6 Å². The molecule has 0 aliphatic heterocycles. The van der Waals surface area contributed by atoms with E-state index in [2.05, 4.69) is 30.7 Å². The molecule has 0 spiro atoms. The van der Waals surface area contributed by atoms with Gasteiger partial charge in [-0.15, -0.1) is 10.2 Å². The van der Waals surface area contributed by atoms with Crippen LogP contribution in [0.5, 0.6) is 0 Å². The second-order valence-corrected chi connectivity index (χ2v) is 7.61. The van der Waals surface area contributed by atoms with Crippen LogP contribution in [0.4, 0.5) is 0 Å². The molecule has 8 heteroatoms. The molecule has 1 amide bonds. The van der Waals surface area contributed by atoms with E-state index in [9.17, 15) is 4.79 Å². The molecule has 1 aliphatic carbocycles. The first kappa shape index (κ1) is 19.0. The molecule has 0 aromatic carbocycles. The Labute approximate surface area is 158 Å². The number of nitrogens with zero attached hydrogens (tertiary/aromatic N) is 4. The quantitative estimate of drug-likeness (QED) is 0.677. The SMILES string of the molecule is COCCn1c(Cc2cccn2C)nnc1SCC(=O)NC1CCCC1. The van der Waals surface area contributed by atoms with Crippen LogP contribution >= 0.6 is 11.8 Å². The van der Waals surface area contributed by atoms with E-state index in [0.717, 1.165) is 23.8 Å². The van der Waals surface area contributed by atoms with Crippen molar-refractivity contribution in [1.29, 1.82) is 0 Å². The maximum absolute atomic E-state index is 12.2. The number of rotatable bonds is 9. The highest BCUT2D eigenvalue weighted by atomic mass is 32.2. The maximum atomic E-state index is 12.2. The van der Waals surface area contributed by atoms with Gasteiger partial charge in [0.15, 0.2) is 5.16 Å². The molecule has 0 bridgehead atoms. The fourth-order valence-corrected chi connectivity index (χ4v) is 4.07. The molecule has 2 heterocycles. The summed E-state index contributed by atoms with van der Waals surface area (Å²) in [7, 11) is 3.71. The van der Waals surface area contributed by atoms with Crippen LogP contribution in [0.15, 0.2) is 23.5 Å². The number of aryl methyl sites for hydroxylation is 1. The number of amides is 1. The van der Waals surface area contributed by atoms with Gasteiger partial charge in [0.05, 0.1) is 12.4 Å². The summed E-state index contributed by atoms with van der Waals surface area (Å²) in [6, 6.07) is 4.45. The predicted octanol–water partition coefficient (Wildman–Crippen LogP) is 2.00. The first-order chi connectivity index (χ1) is 12.7. The van der Waals surface area contributed by atoms with Gasteiger partial charge in [-0.25, -0.2) is 0 Å². The number of hydrogen-bond acceptors (Lipinski definition) is 5. The minimum atomic E-state index is 0.0761. The zero-order chi connectivity index (χ0) is 18.4. The summed E-state index contributed by atoms with van der Waals surface area (Å²) in [4.78, 5) is 12.2. The van der Waals surface area contributed by atoms with Crippen molar-refractivity contribution in [2.75, 3.05) is 19.5 Å². The van der Waals surface area contributed by atoms with Crippen molar-refractivity contribution in [3.05, 3.63) is 29.8 Å². The van der Waals surface area contributed by atoms with Crippen molar-refractivity contribution in [3.63, 3.8) is 0 Å². The third-order valence-electron chi connectivity index (χ3n) is 4.76. The van der Waals surface area contributed by atoms with E-state index in [0.29, 0.717) is 31.4 Å². The van der Waals surface area contributed by atoms with Crippen LogP contribution in [0.1, 0.15) is 37.2 Å². The molecule has 2 aromatic heterocycles. The van der Waals surface area contributed by atoms with Gasteiger partial charge in [0.1, 0.15) is 5.82 Å². The Hall–Kier alpha value is -1.80. The van der Waals surface area contributed by atoms with Gasteiger partial charge in [0.25, 0.3) is 0 Å². The second kappa shape index (κ2) is 9.23.